The highest BCUT2D eigenvalue weighted by Gasteiger charge is 2.55. The fraction of sp³-hybridized carbons (Fsp3) is 1.00. The number of hydrogen-bond donors (Lipinski definition) is 12. The van der Waals surface area contributed by atoms with Crippen LogP contribution in [0.3, 0.4) is 0 Å². The molecule has 4 saturated heterocycles. The molecule has 0 saturated carbocycles. The van der Waals surface area contributed by atoms with E-state index in [1.54, 1.807) is 0 Å². The summed E-state index contributed by atoms with van der Waals surface area (Å²) in [6, 6.07) is 0. The smallest absolute Gasteiger partial charge is 0.187 e. The third-order valence-electron chi connectivity index (χ3n) is 8.81. The van der Waals surface area contributed by atoms with E-state index >= 15 is 0 Å². The van der Waals surface area contributed by atoms with Crippen LogP contribution in [0.25, 0.3) is 0 Å². The number of methoxy groups -OCH3 is 1. The zero-order valence-electron chi connectivity index (χ0n) is 25.0. The van der Waals surface area contributed by atoms with E-state index in [1.807, 2.05) is 0 Å². The quantitative estimate of drug-likeness (QED) is 0.0965. The largest absolute Gasteiger partial charge is 0.394 e. The predicted octanol–water partition coefficient (Wildman–Crippen LogP) is -7.82. The van der Waals surface area contributed by atoms with E-state index in [2.05, 4.69) is 0 Å². The second-order valence-corrected chi connectivity index (χ2v) is 11.7. The van der Waals surface area contributed by atoms with Gasteiger partial charge in [-0.15, -0.1) is 0 Å². The van der Waals surface area contributed by atoms with Gasteiger partial charge in [0.1, 0.15) is 79.4 Å². The van der Waals surface area contributed by atoms with Gasteiger partial charge in [-0.3, -0.25) is 0 Å². The Balaban J connectivity index is 1.43. The molecule has 0 spiro atoms. The van der Waals surface area contributed by atoms with Crippen molar-refractivity contribution in [3.63, 3.8) is 0 Å². The van der Waals surface area contributed by atoms with Crippen molar-refractivity contribution in [1.82, 2.24) is 0 Å². The summed E-state index contributed by atoms with van der Waals surface area (Å²) in [5.41, 5.74) is 0. The number of aliphatic hydroxyl groups is 12. The molecule has 4 rings (SSSR count). The molecule has 0 aromatic heterocycles. The summed E-state index contributed by atoms with van der Waals surface area (Å²) in [6.45, 7) is -1.41. The highest BCUT2D eigenvalue weighted by Crippen LogP contribution is 2.34. The fourth-order valence-corrected chi connectivity index (χ4v) is 5.94. The van der Waals surface area contributed by atoms with Crippen molar-refractivity contribution in [3.8, 4) is 0 Å². The van der Waals surface area contributed by atoms with Gasteiger partial charge in [0.25, 0.3) is 0 Å². The molecule has 4 aliphatic heterocycles. The third kappa shape index (κ3) is 7.51. The van der Waals surface area contributed by atoms with Gasteiger partial charge in [0, 0.05) is 13.0 Å². The van der Waals surface area contributed by atoms with Gasteiger partial charge >= 0.3 is 0 Å². The maximum absolute atomic E-state index is 10.9. The lowest BCUT2D eigenvalue weighted by molar-refractivity contribution is -0.387. The third-order valence-corrected chi connectivity index (χ3v) is 8.81. The van der Waals surface area contributed by atoms with Gasteiger partial charge in [0.2, 0.25) is 0 Å². The van der Waals surface area contributed by atoms with Crippen molar-refractivity contribution < 1.29 is 99.2 Å². The van der Waals surface area contributed by atoms with Gasteiger partial charge in [0.15, 0.2) is 25.2 Å². The first-order valence-electron chi connectivity index (χ1n) is 14.8. The molecule has 0 aromatic rings. The molecule has 270 valence electrons. The van der Waals surface area contributed by atoms with E-state index in [-0.39, 0.29) is 0 Å². The standard InChI is InChI=1S/C26H46O20/c1-7-8(3-27)40-24(16(35)12(7)31)44-21-10(5-29)42-26(18(37)14(21)33)46-22-11(6-30)43-25(19(38)15(22)34)45-20-9(4-28)41-23(39-2)17(36)13(20)32/h7-38H,3-6H2,1-2H3/t7-,8?,9?,10?,11?,12?,13?,14?,15?,16?,17?,18?,19?,20-,21-,22-,23-,24+,25+,26+/m1/s1. The molecule has 4 aliphatic rings. The van der Waals surface area contributed by atoms with Crippen molar-refractivity contribution in [2.24, 2.45) is 5.92 Å². The van der Waals surface area contributed by atoms with E-state index in [0.29, 0.717) is 0 Å². The Morgan fingerprint density at radius 1 is 0.413 bits per heavy atom. The molecule has 12 N–H and O–H groups in total. The Bertz CT molecular complexity index is 926. The van der Waals surface area contributed by atoms with Crippen LogP contribution in [0, 0.1) is 5.92 Å². The Labute approximate surface area is 262 Å². The highest BCUT2D eigenvalue weighted by atomic mass is 16.8. The summed E-state index contributed by atoms with van der Waals surface area (Å²) in [4.78, 5) is 0. The minimum Gasteiger partial charge on any atom is -0.394 e. The van der Waals surface area contributed by atoms with E-state index in [0.717, 1.165) is 0 Å². The second-order valence-electron chi connectivity index (χ2n) is 11.7. The molecule has 0 amide bonds. The first kappa shape index (κ1) is 38.0. The van der Waals surface area contributed by atoms with Crippen molar-refractivity contribution in [1.29, 1.82) is 0 Å². The van der Waals surface area contributed by atoms with Crippen LogP contribution >= 0.6 is 0 Å². The molecule has 20 nitrogen and oxygen atoms in total. The number of ether oxygens (including phenoxy) is 8. The van der Waals surface area contributed by atoms with Crippen molar-refractivity contribution in [2.75, 3.05) is 33.5 Å². The molecular formula is C26H46O20. The van der Waals surface area contributed by atoms with Gasteiger partial charge in [-0.25, -0.2) is 0 Å². The normalized spacial score (nSPS) is 52.0. The monoisotopic (exact) mass is 678 g/mol. The zero-order valence-corrected chi connectivity index (χ0v) is 25.0. The van der Waals surface area contributed by atoms with Crippen LogP contribution in [0.15, 0.2) is 0 Å². The number of hydrogen-bond acceptors (Lipinski definition) is 20. The van der Waals surface area contributed by atoms with Crippen LogP contribution in [0.4, 0.5) is 0 Å². The van der Waals surface area contributed by atoms with E-state index < -0.39 is 149 Å². The molecule has 0 aromatic carbocycles. The van der Waals surface area contributed by atoms with Gasteiger partial charge in [-0.2, -0.15) is 0 Å². The molecule has 0 bridgehead atoms. The van der Waals surface area contributed by atoms with Crippen LogP contribution in [-0.2, 0) is 37.9 Å². The van der Waals surface area contributed by atoms with Crippen molar-refractivity contribution in [2.45, 2.75) is 124 Å². The van der Waals surface area contributed by atoms with E-state index in [1.165, 1.54) is 14.0 Å². The summed E-state index contributed by atoms with van der Waals surface area (Å²) in [5.74, 6) is -0.680. The molecule has 0 aliphatic carbocycles. The number of aliphatic hydroxyl groups excluding tert-OH is 12. The summed E-state index contributed by atoms with van der Waals surface area (Å²) in [5, 5.41) is 124. The van der Waals surface area contributed by atoms with Gasteiger partial charge < -0.3 is 99.2 Å². The Morgan fingerprint density at radius 2 is 0.696 bits per heavy atom. The highest BCUT2D eigenvalue weighted by molar-refractivity contribution is 4.97. The molecule has 4 heterocycles. The Morgan fingerprint density at radius 3 is 1.02 bits per heavy atom. The molecule has 20 heteroatoms. The summed E-state index contributed by atoms with van der Waals surface area (Å²) in [7, 11) is 1.20. The predicted molar refractivity (Wildman–Crippen MR) is 142 cm³/mol. The molecule has 0 radical (unpaired) electrons. The summed E-state index contributed by atoms with van der Waals surface area (Å²) in [6.07, 6.45) is -30.5. The SMILES string of the molecule is CO[C@@H]1OC(CO)[C@@H](O[C@@H]2OC(CO)[C@@H](O[C@@H]3OC(CO)[C@@H](O[C@@H]4OC(CO)[C@@H](C)C(O)C4O)C(O)C3O)C(O)C2O)C(O)C1O. The molecule has 46 heavy (non-hydrogen) atoms. The van der Waals surface area contributed by atoms with Crippen LogP contribution in [-0.4, -0.2) is 212 Å². The topological polar surface area (TPSA) is 317 Å². The van der Waals surface area contributed by atoms with E-state index in [9.17, 15) is 61.3 Å². The minimum absolute atomic E-state index is 0.528. The van der Waals surface area contributed by atoms with Crippen molar-refractivity contribution in [3.05, 3.63) is 0 Å². The fourth-order valence-electron chi connectivity index (χ4n) is 5.94. The Hall–Kier alpha value is -0.800. The van der Waals surface area contributed by atoms with Gasteiger partial charge in [-0.05, 0) is 0 Å². The zero-order chi connectivity index (χ0) is 34.0. The Kier molecular flexibility index (Phi) is 13.4. The first-order chi connectivity index (χ1) is 21.8. The van der Waals surface area contributed by atoms with Gasteiger partial charge in [-0.1, -0.05) is 6.92 Å². The minimum atomic E-state index is -1.96. The summed E-state index contributed by atoms with van der Waals surface area (Å²) < 4.78 is 43.7. The van der Waals surface area contributed by atoms with Crippen LogP contribution in [0.5, 0.6) is 0 Å². The van der Waals surface area contributed by atoms with Crippen LogP contribution in [0.2, 0.25) is 0 Å². The average Bonchev–Trinajstić information content (AvgIpc) is 3.05. The second kappa shape index (κ2) is 16.3. The molecule has 20 atom stereocenters. The summed E-state index contributed by atoms with van der Waals surface area (Å²) >= 11 is 0. The van der Waals surface area contributed by atoms with Gasteiger partial charge in [0.05, 0.1) is 38.6 Å². The molecule has 12 unspecified atom stereocenters. The maximum Gasteiger partial charge on any atom is 0.187 e. The lowest BCUT2D eigenvalue weighted by atomic mass is 9.91. The number of rotatable bonds is 11. The lowest BCUT2D eigenvalue weighted by Crippen LogP contribution is -2.67. The van der Waals surface area contributed by atoms with Crippen LogP contribution < -0.4 is 0 Å². The van der Waals surface area contributed by atoms with E-state index in [4.69, 9.17) is 37.9 Å². The molecular weight excluding hydrogens is 632 g/mol. The average molecular weight is 679 g/mol. The van der Waals surface area contributed by atoms with Crippen molar-refractivity contribution >= 4 is 0 Å². The first-order valence-corrected chi connectivity index (χ1v) is 14.8. The lowest BCUT2D eigenvalue weighted by Gasteiger charge is -2.49. The molecule has 4 fully saturated rings. The van der Waals surface area contributed by atoms with Crippen LogP contribution in [0.1, 0.15) is 6.92 Å². The maximum atomic E-state index is 10.9.